The number of carbonyl (C=O) groups is 4. The van der Waals surface area contributed by atoms with Crippen LogP contribution < -0.4 is 58.2 Å². The molecule has 8 heterocycles. The van der Waals surface area contributed by atoms with Crippen molar-refractivity contribution in [1.82, 2.24) is 50.5 Å². The average Bonchev–Trinajstić information content (AvgIpc) is 1.41. The van der Waals surface area contributed by atoms with Crippen LogP contribution >= 0.6 is 23.2 Å². The molecule has 128 heavy (non-hydrogen) atoms. The monoisotopic (exact) mass is 1790 g/mol. The molecule has 0 atom stereocenters. The number of nitrogens with two attached hydrogens (primary N) is 5. The maximum Gasteiger partial charge on any atom is 0.451 e. The van der Waals surface area contributed by atoms with Gasteiger partial charge in [-0.15, -0.1) is 0 Å². The number of aliphatic imine (C=N–C) groups is 2. The molecule has 678 valence electrons. The van der Waals surface area contributed by atoms with Gasteiger partial charge in [0.1, 0.15) is 59.1 Å². The van der Waals surface area contributed by atoms with Crippen LogP contribution in [-0.2, 0) is 32.4 Å². The van der Waals surface area contributed by atoms with Crippen LogP contribution in [0.2, 0.25) is 10.0 Å². The number of rotatable bonds is 16. The average molecular weight is 1800 g/mol. The van der Waals surface area contributed by atoms with Crippen LogP contribution in [0, 0.1) is 30.6 Å². The lowest BCUT2D eigenvalue weighted by molar-refractivity contribution is -0.145. The highest BCUT2D eigenvalue weighted by atomic mass is 35.5. The van der Waals surface area contributed by atoms with Gasteiger partial charge in [0.25, 0.3) is 0 Å². The Balaban J connectivity index is 0.000000138. The number of nitrogens with one attached hydrogen (secondary N) is 2. The predicted molar refractivity (Wildman–Crippen MR) is 487 cm³/mol. The summed E-state index contributed by atoms with van der Waals surface area (Å²) in [6.07, 6.45) is 21.1. The summed E-state index contributed by atoms with van der Waals surface area (Å²) in [6, 6.07) is 26.7. The summed E-state index contributed by atoms with van der Waals surface area (Å²) in [4.78, 5) is 85.5. The van der Waals surface area contributed by atoms with Crippen LogP contribution in [0.15, 0.2) is 102 Å². The minimum atomic E-state index is -4.77. The van der Waals surface area contributed by atoms with E-state index in [2.05, 4.69) is 124 Å². The third-order valence-corrected chi connectivity index (χ3v) is 27.2. The SMILES string of the molecule is CC1(C)Oc2nc(C(F)(F)F)nc(N)c2N=C1c1ccc(C2CCC(CNC(=O)CO)CC2)c(Cl)c1.CC1(C)Oc2ncnc(N)c2C=C1c1ccc(C2CCC(CC(=O)O)CC2)cc1.CC1(C)Oc2ncnc(N)c2C=C1c1ccc2c(c1)CCC21CCC(CC(=O)O)CC1.Cc1nc(N)c2c(n1)OC(C)(C)C(c1ccc(C3CCC(CNC(N)=O)CC3)c(Cl)c1)=N2. The number of aryl methyl sites for hydroxylation is 2. The van der Waals surface area contributed by atoms with Crippen molar-refractivity contribution in [3.8, 4) is 23.5 Å². The van der Waals surface area contributed by atoms with E-state index in [4.69, 9.17) is 91.1 Å². The lowest BCUT2D eigenvalue weighted by Gasteiger charge is -2.38. The van der Waals surface area contributed by atoms with E-state index in [9.17, 15) is 32.3 Å². The molecule has 0 unspecified atom stereocenters. The largest absolute Gasteiger partial charge is 0.481 e. The molecule has 33 heteroatoms. The predicted octanol–water partition coefficient (Wildman–Crippen LogP) is 17.8. The molecule has 8 aromatic rings. The Labute approximate surface area is 751 Å². The molecular weight excluding hydrogens is 1680 g/mol. The van der Waals surface area contributed by atoms with Gasteiger partial charge >= 0.3 is 24.1 Å². The molecule has 17 rings (SSSR count). The lowest BCUT2D eigenvalue weighted by Crippen LogP contribution is -2.41. The van der Waals surface area contributed by atoms with Gasteiger partial charge in [-0.1, -0.05) is 89.9 Å². The number of carboxylic acid groups (broad SMARTS) is 2. The minimum Gasteiger partial charge on any atom is -0.481 e. The maximum absolute atomic E-state index is 13.1. The van der Waals surface area contributed by atoms with Gasteiger partial charge in [-0.05, 0) is 288 Å². The zero-order valence-corrected chi connectivity index (χ0v) is 75.0. The summed E-state index contributed by atoms with van der Waals surface area (Å²) in [5.74, 6) is 1.89. The van der Waals surface area contributed by atoms with E-state index >= 15 is 0 Å². The van der Waals surface area contributed by atoms with E-state index in [1.54, 1.807) is 26.8 Å². The number of aliphatic hydroxyl groups excluding tert-OH is 1. The second-order valence-corrected chi connectivity index (χ2v) is 37.9. The Morgan fingerprint density at radius 2 is 0.930 bits per heavy atom. The molecule has 4 aromatic heterocycles. The van der Waals surface area contributed by atoms with Crippen molar-refractivity contribution >= 4 is 116 Å². The number of benzene rings is 4. The Bertz CT molecular complexity index is 5670. The van der Waals surface area contributed by atoms with Crippen molar-refractivity contribution in [2.45, 2.75) is 242 Å². The standard InChI is InChI=1S/C25H29N3O3.C24H27ClF3N5O3.C23H29ClN6O2.C23H27N3O3/c1-24(2)20(13-18-22(26)27-14-28-23(18)31-24)16-3-4-19-17(12-16)7-10-25(19)8-5-15(6-9-25)11-21(29)30;1-23(2)19(31-18-20(29)32-22(24(26,27)28)33-21(18)36-23)14-7-8-15(16(25)9-14)13-5-3-12(4-6-13)10-30-17(35)11-34;1-12-28-20(25)18-21(29-12)32-23(2,3)19(30-18)15-8-9-16(17(24)10-15)14-6-4-13(5-7-14)11-27-22(26)31;1-23(2)19(12-18-21(24)25-13-26-22(18)29-23)17-9-7-16(8-10-17)15-5-3-14(4-6-15)11-20(27)28/h3-4,12-15H,5-11H2,1-2H3,(H,29,30)(H2,26,27,28);7-9,12-13,34H,3-6,10-11H2,1-2H3,(H,30,35)(H2,29,32,33);8-10,13-14H,4-7,11H2,1-3H3,(H2,25,28,29)(H3,26,27,31);7-10,12-15H,3-6,11H2,1-2H3,(H,27,28)(H2,24,25,26). The lowest BCUT2D eigenvalue weighted by atomic mass is 9.66. The van der Waals surface area contributed by atoms with Gasteiger partial charge in [0, 0.05) is 58.2 Å². The highest BCUT2D eigenvalue weighted by Gasteiger charge is 2.46. The molecule has 4 aromatic carbocycles. The number of urea groups is 1. The summed E-state index contributed by atoms with van der Waals surface area (Å²) < 4.78 is 63.5. The van der Waals surface area contributed by atoms with Gasteiger partial charge in [-0.2, -0.15) is 23.1 Å². The number of hydrogen-bond donors (Lipinski definition) is 10. The van der Waals surface area contributed by atoms with Gasteiger partial charge in [-0.3, -0.25) is 14.4 Å². The first kappa shape index (κ1) is 92.6. The van der Waals surface area contributed by atoms with E-state index in [1.807, 2.05) is 58.0 Å². The number of carbonyl (C=O) groups excluding carboxylic acids is 2. The summed E-state index contributed by atoms with van der Waals surface area (Å²) in [6.45, 7) is 17.9. The second kappa shape index (κ2) is 37.6. The molecule has 3 amide bonds. The fourth-order valence-corrected chi connectivity index (χ4v) is 20.4. The number of nitrogens with zero attached hydrogens (tertiary/aromatic N) is 10. The molecule has 0 radical (unpaired) electrons. The number of primary amides is 1. The van der Waals surface area contributed by atoms with Crippen LogP contribution in [-0.4, -0.2) is 133 Å². The van der Waals surface area contributed by atoms with Gasteiger partial charge in [-0.25, -0.2) is 44.7 Å². The summed E-state index contributed by atoms with van der Waals surface area (Å²) >= 11 is 13.4. The molecular formula is C95H112Cl2F3N17O11. The molecule has 4 saturated carbocycles. The van der Waals surface area contributed by atoms with Crippen LogP contribution in [0.1, 0.15) is 268 Å². The number of halogens is 5. The van der Waals surface area contributed by atoms with Crippen LogP contribution in [0.3, 0.4) is 0 Å². The molecule has 9 aliphatic rings. The zero-order valence-electron chi connectivity index (χ0n) is 73.5. The van der Waals surface area contributed by atoms with E-state index in [-0.39, 0.29) is 28.8 Å². The molecule has 15 N–H and O–H groups in total. The van der Waals surface area contributed by atoms with Crippen LogP contribution in [0.25, 0.3) is 23.3 Å². The number of ether oxygens (including phenoxy) is 4. The number of fused-ring (bicyclic) bond motifs is 6. The Hall–Kier alpha value is -11.6. The number of hydrogen-bond acceptors (Lipinski definition) is 23. The van der Waals surface area contributed by atoms with Gasteiger partial charge in [0.05, 0.1) is 22.6 Å². The van der Waals surface area contributed by atoms with Crippen LogP contribution in [0.5, 0.6) is 23.5 Å². The number of nitrogen functional groups attached to an aromatic ring is 4. The van der Waals surface area contributed by atoms with Crippen molar-refractivity contribution in [2.75, 3.05) is 42.6 Å². The van der Waals surface area contributed by atoms with E-state index in [0.717, 1.165) is 176 Å². The normalized spacial score (nSPS) is 22.9. The number of alkyl halides is 3. The van der Waals surface area contributed by atoms with Crippen molar-refractivity contribution in [3.63, 3.8) is 0 Å². The first-order valence-corrected chi connectivity index (χ1v) is 44.6. The fourth-order valence-electron chi connectivity index (χ4n) is 19.7. The molecule has 5 aliphatic carbocycles. The Kier molecular flexibility index (Phi) is 27.2. The molecule has 0 bridgehead atoms. The van der Waals surface area contributed by atoms with Gasteiger partial charge in [0.2, 0.25) is 35.3 Å². The van der Waals surface area contributed by atoms with E-state index < -0.39 is 64.8 Å². The third kappa shape index (κ3) is 20.9. The highest BCUT2D eigenvalue weighted by Crippen LogP contribution is 2.54. The zero-order chi connectivity index (χ0) is 91.7. The van der Waals surface area contributed by atoms with Crippen molar-refractivity contribution < 1.29 is 66.6 Å². The van der Waals surface area contributed by atoms with Crippen molar-refractivity contribution in [3.05, 3.63) is 174 Å². The van der Waals surface area contributed by atoms with Crippen LogP contribution in [0.4, 0.5) is 52.6 Å². The topological polar surface area (TPSA) is 448 Å². The molecule has 28 nitrogen and oxygen atoms in total. The molecule has 1 spiro atoms. The number of anilines is 4. The number of carboxylic acids is 2. The summed E-state index contributed by atoms with van der Waals surface area (Å²) in [5.41, 5.74) is 41.8. The maximum atomic E-state index is 13.1. The molecule has 4 fully saturated rings. The quantitative estimate of drug-likeness (QED) is 0.0429. The minimum absolute atomic E-state index is 0.0517. The highest BCUT2D eigenvalue weighted by molar-refractivity contribution is 6.32. The number of aromatic nitrogens is 8. The first-order chi connectivity index (χ1) is 60.6. The van der Waals surface area contributed by atoms with Crippen molar-refractivity contribution in [2.24, 2.45) is 39.4 Å². The second-order valence-electron chi connectivity index (χ2n) is 37.1. The van der Waals surface area contributed by atoms with E-state index in [0.29, 0.717) is 124 Å². The number of amides is 3. The van der Waals surface area contributed by atoms with E-state index in [1.165, 1.54) is 29.3 Å². The summed E-state index contributed by atoms with van der Waals surface area (Å²) in [5, 5.41) is 33.7. The smallest absolute Gasteiger partial charge is 0.451 e. The van der Waals surface area contributed by atoms with Gasteiger partial charge < -0.3 is 73.6 Å². The first-order valence-electron chi connectivity index (χ1n) is 43.8. The number of aliphatic carboxylic acids is 2. The molecule has 0 saturated heterocycles. The Morgan fingerprint density at radius 3 is 1.41 bits per heavy atom. The summed E-state index contributed by atoms with van der Waals surface area (Å²) in [7, 11) is 0. The Morgan fingerprint density at radius 1 is 0.492 bits per heavy atom. The number of aliphatic hydroxyl groups is 1. The molecule has 4 aliphatic heterocycles. The van der Waals surface area contributed by atoms with Gasteiger partial charge in [0.15, 0.2) is 23.0 Å². The fraction of sp³-hybridized carbons (Fsp3) is 0.474. The van der Waals surface area contributed by atoms with Crippen molar-refractivity contribution in [1.29, 1.82) is 0 Å². The third-order valence-electron chi connectivity index (χ3n) is 26.6.